The zero-order valence-electron chi connectivity index (χ0n) is 15.4. The van der Waals surface area contributed by atoms with Gasteiger partial charge in [-0.25, -0.2) is 4.79 Å². The van der Waals surface area contributed by atoms with Crippen molar-refractivity contribution in [3.63, 3.8) is 0 Å². The zero-order chi connectivity index (χ0) is 19.6. The molecule has 2 N–H and O–H groups in total. The second kappa shape index (κ2) is 7.41. The van der Waals surface area contributed by atoms with Gasteiger partial charge < -0.3 is 10.4 Å². The van der Waals surface area contributed by atoms with Gasteiger partial charge in [0, 0.05) is 17.7 Å². The Morgan fingerprint density at radius 1 is 1.04 bits per heavy atom. The predicted octanol–water partition coefficient (Wildman–Crippen LogP) is 3.40. The van der Waals surface area contributed by atoms with Gasteiger partial charge >= 0.3 is 5.97 Å². The van der Waals surface area contributed by atoms with E-state index in [-0.39, 0.29) is 11.5 Å². The molecule has 138 valence electrons. The van der Waals surface area contributed by atoms with E-state index in [0.717, 1.165) is 5.56 Å². The van der Waals surface area contributed by atoms with Gasteiger partial charge in [0.15, 0.2) is 0 Å². The van der Waals surface area contributed by atoms with Crippen LogP contribution < -0.4 is 5.32 Å². The van der Waals surface area contributed by atoms with Crippen molar-refractivity contribution in [2.24, 2.45) is 0 Å². The monoisotopic (exact) mass is 364 g/mol. The molecule has 1 heterocycles. The Kier molecular flexibility index (Phi) is 5.03. The Morgan fingerprint density at radius 2 is 1.74 bits per heavy atom. The summed E-state index contributed by atoms with van der Waals surface area (Å²) in [6, 6.07) is 11.8. The smallest absolute Gasteiger partial charge is 0.335 e. The molecule has 3 rings (SSSR count). The molecule has 1 aromatic heterocycles. The summed E-state index contributed by atoms with van der Waals surface area (Å²) in [4.78, 5) is 24.1. The minimum atomic E-state index is -1.08. The number of aromatic carboxylic acids is 1. The van der Waals surface area contributed by atoms with Crippen molar-refractivity contribution in [1.82, 2.24) is 14.8 Å². The molecule has 3 aromatic rings. The Bertz CT molecular complexity index is 1010. The second-order valence-corrected chi connectivity index (χ2v) is 6.25. The molecule has 0 radical (unpaired) electrons. The van der Waals surface area contributed by atoms with E-state index in [0.29, 0.717) is 35.0 Å². The molecule has 1 amide bonds. The quantitative estimate of drug-likeness (QED) is 0.723. The molecule has 0 aliphatic rings. The van der Waals surface area contributed by atoms with Crippen LogP contribution in [-0.2, 0) is 6.42 Å². The molecule has 0 bridgehead atoms. The number of carboxylic acid groups (broad SMARTS) is 1. The van der Waals surface area contributed by atoms with Crippen LogP contribution in [0.3, 0.4) is 0 Å². The number of nitrogens with zero attached hydrogens (tertiary/aromatic N) is 3. The van der Waals surface area contributed by atoms with Gasteiger partial charge in [0.05, 0.1) is 11.3 Å². The molecule has 27 heavy (non-hydrogen) atoms. The molecule has 0 atom stereocenters. The number of anilines is 1. The summed E-state index contributed by atoms with van der Waals surface area (Å²) in [6.45, 7) is 5.68. The summed E-state index contributed by atoms with van der Waals surface area (Å²) < 4.78 is 1.79. The molecule has 7 nitrogen and oxygen atoms in total. The van der Waals surface area contributed by atoms with Crippen LogP contribution in [0.15, 0.2) is 42.5 Å². The predicted molar refractivity (Wildman–Crippen MR) is 102 cm³/mol. The highest BCUT2D eigenvalue weighted by Crippen LogP contribution is 2.22. The highest BCUT2D eigenvalue weighted by Gasteiger charge is 2.15. The Hall–Kier alpha value is -3.48. The van der Waals surface area contributed by atoms with Crippen molar-refractivity contribution in [3.05, 3.63) is 70.8 Å². The molecule has 0 spiro atoms. The molecule has 0 aliphatic heterocycles. The fourth-order valence-corrected chi connectivity index (χ4v) is 2.82. The minimum absolute atomic E-state index is 0.0712. The molecular formula is C20H20N4O3. The van der Waals surface area contributed by atoms with Gasteiger partial charge in [-0.1, -0.05) is 24.6 Å². The van der Waals surface area contributed by atoms with Crippen LogP contribution in [0.1, 0.15) is 44.9 Å². The first-order valence-electron chi connectivity index (χ1n) is 8.56. The number of carbonyl (C=O) groups is 2. The number of nitrogens with one attached hydrogen (secondary N) is 1. The Balaban J connectivity index is 2.01. The highest BCUT2D eigenvalue weighted by molar-refractivity contribution is 6.05. The van der Waals surface area contributed by atoms with Gasteiger partial charge in [0.25, 0.3) is 5.91 Å². The maximum Gasteiger partial charge on any atom is 0.335 e. The summed E-state index contributed by atoms with van der Waals surface area (Å²) >= 11 is 0. The van der Waals surface area contributed by atoms with Gasteiger partial charge in [-0.2, -0.15) is 0 Å². The number of carbonyl (C=O) groups excluding carboxylic acids is 1. The first-order valence-corrected chi connectivity index (χ1v) is 8.56. The van der Waals surface area contributed by atoms with Gasteiger partial charge in [-0.15, -0.1) is 10.2 Å². The van der Waals surface area contributed by atoms with Crippen molar-refractivity contribution in [3.8, 4) is 5.69 Å². The average molecular weight is 364 g/mol. The third-order valence-electron chi connectivity index (χ3n) is 4.20. The number of amides is 1. The van der Waals surface area contributed by atoms with Crippen LogP contribution in [0, 0.1) is 13.8 Å². The van der Waals surface area contributed by atoms with E-state index in [1.807, 2.05) is 26.0 Å². The maximum absolute atomic E-state index is 12.5. The Morgan fingerprint density at radius 3 is 2.37 bits per heavy atom. The van der Waals surface area contributed by atoms with E-state index in [1.165, 1.54) is 6.07 Å². The van der Waals surface area contributed by atoms with Crippen LogP contribution >= 0.6 is 0 Å². The van der Waals surface area contributed by atoms with E-state index in [1.54, 1.807) is 35.8 Å². The van der Waals surface area contributed by atoms with E-state index in [2.05, 4.69) is 15.5 Å². The zero-order valence-corrected chi connectivity index (χ0v) is 15.4. The van der Waals surface area contributed by atoms with Crippen LogP contribution in [0.4, 0.5) is 5.69 Å². The molecule has 7 heteroatoms. The van der Waals surface area contributed by atoms with Crippen LogP contribution in [0.25, 0.3) is 5.69 Å². The third-order valence-corrected chi connectivity index (χ3v) is 4.20. The lowest BCUT2D eigenvalue weighted by Gasteiger charge is -2.12. The standard InChI is InChI=1S/C20H20N4O3/c1-4-18-23-22-13(3)24(18)17-10-15(20(26)27)9-16(11-17)21-19(25)14-7-5-12(2)6-8-14/h5-11H,4H2,1-3H3,(H,21,25)(H,26,27). The molecule has 0 fully saturated rings. The molecule has 0 unspecified atom stereocenters. The second-order valence-electron chi connectivity index (χ2n) is 6.25. The lowest BCUT2D eigenvalue weighted by atomic mass is 10.1. The number of aryl methyl sites for hydroxylation is 3. The lowest BCUT2D eigenvalue weighted by molar-refractivity contribution is 0.0696. The topological polar surface area (TPSA) is 97.1 Å². The van der Waals surface area contributed by atoms with Gasteiger partial charge in [0.2, 0.25) is 0 Å². The molecule has 0 saturated heterocycles. The van der Waals surface area contributed by atoms with Gasteiger partial charge in [0.1, 0.15) is 11.6 Å². The summed E-state index contributed by atoms with van der Waals surface area (Å²) in [5.41, 5.74) is 2.61. The van der Waals surface area contributed by atoms with Crippen molar-refractivity contribution >= 4 is 17.6 Å². The first-order chi connectivity index (χ1) is 12.9. The van der Waals surface area contributed by atoms with Crippen molar-refractivity contribution in [2.75, 3.05) is 5.32 Å². The van der Waals surface area contributed by atoms with Crippen molar-refractivity contribution < 1.29 is 14.7 Å². The minimum Gasteiger partial charge on any atom is -0.478 e. The Labute approximate surface area is 156 Å². The van der Waals surface area contributed by atoms with E-state index in [9.17, 15) is 14.7 Å². The normalized spacial score (nSPS) is 10.6. The maximum atomic E-state index is 12.5. The fourth-order valence-electron chi connectivity index (χ4n) is 2.82. The SMILES string of the molecule is CCc1nnc(C)n1-c1cc(NC(=O)c2ccc(C)cc2)cc(C(=O)O)c1. The third kappa shape index (κ3) is 3.87. The van der Waals surface area contributed by atoms with Crippen LogP contribution in [0.5, 0.6) is 0 Å². The fraction of sp³-hybridized carbons (Fsp3) is 0.200. The summed E-state index contributed by atoms with van der Waals surface area (Å²) in [7, 11) is 0. The van der Waals surface area contributed by atoms with Crippen LogP contribution in [0.2, 0.25) is 0 Å². The highest BCUT2D eigenvalue weighted by atomic mass is 16.4. The van der Waals surface area contributed by atoms with E-state index in [4.69, 9.17) is 0 Å². The number of rotatable bonds is 5. The summed E-state index contributed by atoms with van der Waals surface area (Å²) in [5, 5.41) is 20.4. The number of aromatic nitrogens is 3. The van der Waals surface area contributed by atoms with Gasteiger partial charge in [-0.05, 0) is 44.2 Å². The van der Waals surface area contributed by atoms with Crippen molar-refractivity contribution in [1.29, 1.82) is 0 Å². The molecule has 0 aliphatic carbocycles. The number of hydrogen-bond acceptors (Lipinski definition) is 4. The van der Waals surface area contributed by atoms with Crippen LogP contribution in [-0.4, -0.2) is 31.7 Å². The number of carboxylic acids is 1. The summed E-state index contributed by atoms with van der Waals surface area (Å²) in [5.74, 6) is -0.0257. The largest absolute Gasteiger partial charge is 0.478 e. The number of hydrogen-bond donors (Lipinski definition) is 2. The molecule has 2 aromatic carbocycles. The lowest BCUT2D eigenvalue weighted by Crippen LogP contribution is -2.13. The average Bonchev–Trinajstić information content (AvgIpc) is 3.02. The summed E-state index contributed by atoms with van der Waals surface area (Å²) in [6.07, 6.45) is 0.642. The van der Waals surface area contributed by atoms with Crippen molar-refractivity contribution in [2.45, 2.75) is 27.2 Å². The molecule has 0 saturated carbocycles. The van der Waals surface area contributed by atoms with Gasteiger partial charge in [-0.3, -0.25) is 9.36 Å². The van der Waals surface area contributed by atoms with E-state index < -0.39 is 5.97 Å². The first kappa shape index (κ1) is 18.3. The number of benzene rings is 2. The van der Waals surface area contributed by atoms with E-state index >= 15 is 0 Å². The molecular weight excluding hydrogens is 344 g/mol.